The normalized spacial score (nSPS) is 24.2. The minimum Gasteiger partial charge on any atom is -0.377 e. The van der Waals surface area contributed by atoms with Gasteiger partial charge in [0.25, 0.3) is 5.69 Å². The average Bonchev–Trinajstić information content (AvgIpc) is 3.07. The molecule has 0 bridgehead atoms. The Morgan fingerprint density at radius 1 is 1.21 bits per heavy atom. The molecule has 0 amide bonds. The van der Waals surface area contributed by atoms with Crippen molar-refractivity contribution in [3.63, 3.8) is 0 Å². The molecule has 0 saturated heterocycles. The molecule has 2 aromatic rings. The number of anilines is 1. The van der Waals surface area contributed by atoms with E-state index in [0.717, 1.165) is 22.7 Å². The summed E-state index contributed by atoms with van der Waals surface area (Å²) in [5.74, 6) is 0.659. The zero-order chi connectivity index (χ0) is 16.8. The van der Waals surface area contributed by atoms with E-state index in [1.54, 1.807) is 12.1 Å². The van der Waals surface area contributed by atoms with E-state index < -0.39 is 0 Å². The third kappa shape index (κ3) is 2.29. The zero-order valence-electron chi connectivity index (χ0n) is 13.2. The van der Waals surface area contributed by atoms with Crippen LogP contribution < -0.4 is 5.32 Å². The van der Waals surface area contributed by atoms with Crippen molar-refractivity contribution in [2.75, 3.05) is 5.32 Å². The lowest BCUT2D eigenvalue weighted by Crippen LogP contribution is -2.29. The molecule has 4 rings (SSSR count). The number of non-ortho nitro benzene ring substituents is 1. The number of fused-ring (bicyclic) bond motifs is 3. The minimum absolute atomic E-state index is 0.121. The van der Waals surface area contributed by atoms with Gasteiger partial charge in [-0.15, -0.1) is 0 Å². The fourth-order valence-corrected chi connectivity index (χ4v) is 4.23. The summed E-state index contributed by atoms with van der Waals surface area (Å²) in [6, 6.07) is 11.0. The molecule has 1 aliphatic heterocycles. The second kappa shape index (κ2) is 5.64. The molecule has 0 fully saturated rings. The summed E-state index contributed by atoms with van der Waals surface area (Å²) in [6.07, 6.45) is 5.43. The van der Waals surface area contributed by atoms with E-state index in [2.05, 4.69) is 24.4 Å². The van der Waals surface area contributed by atoms with Gasteiger partial charge in [-0.1, -0.05) is 42.0 Å². The number of hydrogen-bond donors (Lipinski definition) is 1. The molecule has 0 radical (unpaired) electrons. The van der Waals surface area contributed by atoms with E-state index in [1.165, 1.54) is 11.1 Å². The number of allylic oxidation sites excluding steroid dienone is 2. The Morgan fingerprint density at radius 2 is 1.96 bits per heavy atom. The van der Waals surface area contributed by atoms with Crippen LogP contribution in [-0.2, 0) is 0 Å². The Kier molecular flexibility index (Phi) is 3.57. The van der Waals surface area contributed by atoms with Gasteiger partial charge in [-0.2, -0.15) is 0 Å². The van der Waals surface area contributed by atoms with Gasteiger partial charge in [-0.25, -0.2) is 0 Å². The Labute approximate surface area is 145 Å². The molecule has 4 nitrogen and oxygen atoms in total. The van der Waals surface area contributed by atoms with E-state index >= 15 is 0 Å². The first kappa shape index (κ1) is 15.2. The fourth-order valence-electron chi connectivity index (χ4n) is 3.94. The lowest BCUT2D eigenvalue weighted by molar-refractivity contribution is -0.384. The lowest BCUT2D eigenvalue weighted by atomic mass is 9.76. The molecule has 2 unspecified atom stereocenters. The molecule has 24 heavy (non-hydrogen) atoms. The topological polar surface area (TPSA) is 55.2 Å². The first-order chi connectivity index (χ1) is 11.6. The molecule has 2 aromatic carbocycles. The molecule has 1 heterocycles. The van der Waals surface area contributed by atoms with Crippen molar-refractivity contribution in [1.29, 1.82) is 0 Å². The smallest absolute Gasteiger partial charge is 0.269 e. The molecule has 5 heteroatoms. The first-order valence-electron chi connectivity index (χ1n) is 8.03. The highest BCUT2D eigenvalue weighted by atomic mass is 35.5. The highest BCUT2D eigenvalue weighted by Crippen LogP contribution is 2.52. The predicted molar refractivity (Wildman–Crippen MR) is 95.6 cm³/mol. The van der Waals surface area contributed by atoms with Crippen molar-refractivity contribution in [2.45, 2.75) is 25.3 Å². The summed E-state index contributed by atoms with van der Waals surface area (Å²) >= 11 is 6.48. The van der Waals surface area contributed by atoms with Crippen LogP contribution in [0.3, 0.4) is 0 Å². The van der Waals surface area contributed by atoms with E-state index in [0.29, 0.717) is 5.92 Å². The standard InChI is InChI=1S/C19H17ClN2O2/c1-11-5-10-16(20)17-14-3-2-4-15(14)19(21-18(11)17)12-6-8-13(9-7-12)22(23)24/h2-3,5-10,14-15,19,21H,4H2,1H3/t14?,15?,19-/m1/s1. The van der Waals surface area contributed by atoms with Crippen LogP contribution in [0.4, 0.5) is 11.4 Å². The van der Waals surface area contributed by atoms with Crippen molar-refractivity contribution in [3.8, 4) is 0 Å². The average molecular weight is 341 g/mol. The van der Waals surface area contributed by atoms with Crippen molar-refractivity contribution in [1.82, 2.24) is 0 Å². The van der Waals surface area contributed by atoms with Crippen LogP contribution in [0.1, 0.15) is 35.1 Å². The number of rotatable bonds is 2. The van der Waals surface area contributed by atoms with Gasteiger partial charge in [0.05, 0.1) is 11.0 Å². The van der Waals surface area contributed by atoms with E-state index in [9.17, 15) is 10.1 Å². The molecule has 0 aromatic heterocycles. The number of hydrogen-bond acceptors (Lipinski definition) is 3. The molecule has 0 spiro atoms. The maximum atomic E-state index is 10.9. The highest BCUT2D eigenvalue weighted by Gasteiger charge is 2.39. The summed E-state index contributed by atoms with van der Waals surface area (Å²) in [7, 11) is 0. The molecule has 1 aliphatic carbocycles. The second-order valence-corrected chi connectivity index (χ2v) is 6.88. The maximum Gasteiger partial charge on any atom is 0.269 e. The second-order valence-electron chi connectivity index (χ2n) is 6.48. The molecule has 1 N–H and O–H groups in total. The van der Waals surface area contributed by atoms with Crippen LogP contribution >= 0.6 is 11.6 Å². The van der Waals surface area contributed by atoms with Crippen LogP contribution in [0.15, 0.2) is 48.6 Å². The van der Waals surface area contributed by atoms with Crippen molar-refractivity contribution < 1.29 is 4.92 Å². The SMILES string of the molecule is Cc1ccc(Cl)c2c1N[C@H](c1ccc([N+](=O)[O-])cc1)C1CC=CC21. The third-order valence-corrected chi connectivity index (χ3v) is 5.47. The summed E-state index contributed by atoms with van der Waals surface area (Å²) in [4.78, 5) is 10.5. The first-order valence-corrected chi connectivity index (χ1v) is 8.40. The summed E-state index contributed by atoms with van der Waals surface area (Å²) in [5.41, 5.74) is 4.63. The van der Waals surface area contributed by atoms with Crippen LogP contribution in [0.25, 0.3) is 0 Å². The quantitative estimate of drug-likeness (QED) is 0.453. The molecular formula is C19H17ClN2O2. The van der Waals surface area contributed by atoms with Crippen LogP contribution in [0.2, 0.25) is 5.02 Å². The number of nitrogens with zero attached hydrogens (tertiary/aromatic N) is 1. The number of nitro benzene ring substituents is 1. The highest BCUT2D eigenvalue weighted by molar-refractivity contribution is 6.32. The van der Waals surface area contributed by atoms with Crippen LogP contribution in [-0.4, -0.2) is 4.92 Å². The maximum absolute atomic E-state index is 10.9. The lowest BCUT2D eigenvalue weighted by Gasteiger charge is -2.38. The van der Waals surface area contributed by atoms with Crippen molar-refractivity contribution >= 4 is 23.0 Å². The molecule has 0 saturated carbocycles. The van der Waals surface area contributed by atoms with Crippen LogP contribution in [0, 0.1) is 23.0 Å². The predicted octanol–water partition coefficient (Wildman–Crippen LogP) is 5.38. The van der Waals surface area contributed by atoms with Gasteiger partial charge in [0.2, 0.25) is 0 Å². The Morgan fingerprint density at radius 3 is 2.67 bits per heavy atom. The van der Waals surface area contributed by atoms with Crippen LogP contribution in [0.5, 0.6) is 0 Å². The van der Waals surface area contributed by atoms with Gasteiger partial charge in [0.1, 0.15) is 0 Å². The zero-order valence-corrected chi connectivity index (χ0v) is 14.0. The molecule has 122 valence electrons. The Bertz CT molecular complexity index is 845. The number of aryl methyl sites for hydroxylation is 1. The van der Waals surface area contributed by atoms with E-state index in [-0.39, 0.29) is 22.6 Å². The minimum atomic E-state index is -0.364. The third-order valence-electron chi connectivity index (χ3n) is 5.14. The van der Waals surface area contributed by atoms with Gasteiger partial charge in [0.15, 0.2) is 0 Å². The largest absolute Gasteiger partial charge is 0.377 e. The van der Waals surface area contributed by atoms with Gasteiger partial charge < -0.3 is 5.32 Å². The Hall–Kier alpha value is -2.33. The molecule has 3 atom stereocenters. The summed E-state index contributed by atoms with van der Waals surface area (Å²) in [5, 5.41) is 15.3. The number of halogens is 1. The monoisotopic (exact) mass is 340 g/mol. The number of nitrogens with one attached hydrogen (secondary N) is 1. The van der Waals surface area contributed by atoms with Crippen molar-refractivity contribution in [2.24, 2.45) is 5.92 Å². The Balaban J connectivity index is 1.78. The van der Waals surface area contributed by atoms with E-state index in [1.807, 2.05) is 24.3 Å². The van der Waals surface area contributed by atoms with E-state index in [4.69, 9.17) is 11.6 Å². The number of nitro groups is 1. The van der Waals surface area contributed by atoms with Crippen molar-refractivity contribution in [3.05, 3.63) is 80.4 Å². The molecular weight excluding hydrogens is 324 g/mol. The molecule has 2 aliphatic rings. The van der Waals surface area contributed by atoms with Gasteiger partial charge in [-0.05, 0) is 36.5 Å². The van der Waals surface area contributed by atoms with Gasteiger partial charge in [-0.3, -0.25) is 10.1 Å². The fraction of sp³-hybridized carbons (Fsp3) is 0.263. The number of benzene rings is 2. The van der Waals surface area contributed by atoms with Gasteiger partial charge >= 0.3 is 0 Å². The summed E-state index contributed by atoms with van der Waals surface area (Å²) < 4.78 is 0. The summed E-state index contributed by atoms with van der Waals surface area (Å²) in [6.45, 7) is 2.08. The van der Waals surface area contributed by atoms with Gasteiger partial charge in [0, 0.05) is 34.3 Å².